The molecule has 0 unspecified atom stereocenters. The van der Waals surface area contributed by atoms with E-state index in [1.807, 2.05) is 41.3 Å². The molecule has 3 nitrogen and oxygen atoms in total. The Bertz CT molecular complexity index is 803. The highest BCUT2D eigenvalue weighted by Gasteiger charge is 2.34. The number of carbonyl (C=O) groups excluding carboxylic acids is 1. The summed E-state index contributed by atoms with van der Waals surface area (Å²) >= 11 is 0. The molecule has 3 heteroatoms. The molecule has 1 saturated carbocycles. The molecule has 0 bridgehead atoms. The molecule has 1 heterocycles. The van der Waals surface area contributed by atoms with Gasteiger partial charge in [0.2, 0.25) is 0 Å². The van der Waals surface area contributed by atoms with Crippen LogP contribution in [0.15, 0.2) is 43.0 Å². The van der Waals surface area contributed by atoms with Crippen LogP contribution in [0.5, 0.6) is 5.75 Å². The smallest absolute Gasteiger partial charge is 0.254 e. The van der Waals surface area contributed by atoms with Crippen molar-refractivity contribution in [2.45, 2.75) is 31.8 Å². The first kappa shape index (κ1) is 15.0. The van der Waals surface area contributed by atoms with Crippen molar-refractivity contribution in [1.82, 2.24) is 4.90 Å². The lowest BCUT2D eigenvalue weighted by molar-refractivity contribution is 0.0766. The van der Waals surface area contributed by atoms with Crippen LogP contribution in [0, 0.1) is 0 Å². The predicted octanol–water partition coefficient (Wildman–Crippen LogP) is 4.37. The summed E-state index contributed by atoms with van der Waals surface area (Å²) in [5, 5.41) is 0. The zero-order valence-electron chi connectivity index (χ0n) is 13.9. The summed E-state index contributed by atoms with van der Waals surface area (Å²) in [6.45, 7) is 5.21. The monoisotopic (exact) mass is 319 g/mol. The number of ether oxygens (including phenoxy) is 1. The van der Waals surface area contributed by atoms with Crippen LogP contribution in [0.2, 0.25) is 0 Å². The van der Waals surface area contributed by atoms with Crippen molar-refractivity contribution in [3.63, 3.8) is 0 Å². The Morgan fingerprint density at radius 2 is 2.00 bits per heavy atom. The van der Waals surface area contributed by atoms with E-state index in [1.165, 1.54) is 24.0 Å². The van der Waals surface area contributed by atoms with E-state index in [4.69, 9.17) is 4.74 Å². The summed E-state index contributed by atoms with van der Waals surface area (Å²) in [6.07, 6.45) is 4.31. The van der Waals surface area contributed by atoms with Crippen molar-refractivity contribution in [3.8, 4) is 5.75 Å². The lowest BCUT2D eigenvalue weighted by atomic mass is 9.96. The first-order valence-corrected chi connectivity index (χ1v) is 8.41. The number of nitrogens with zero attached hydrogens (tertiary/aromatic N) is 1. The summed E-state index contributed by atoms with van der Waals surface area (Å²) in [6, 6.07) is 12.1. The van der Waals surface area contributed by atoms with Crippen LogP contribution in [0.4, 0.5) is 0 Å². The van der Waals surface area contributed by atoms with E-state index >= 15 is 0 Å². The maximum atomic E-state index is 12.9. The number of amides is 1. The SMILES string of the molecule is C=Cc1cc2c(c(C3CC3)c1)CN(Cc1ccc(OC)cc1)C2=O. The van der Waals surface area contributed by atoms with Crippen LogP contribution in [0.25, 0.3) is 6.08 Å². The summed E-state index contributed by atoms with van der Waals surface area (Å²) in [5.74, 6) is 1.60. The van der Waals surface area contributed by atoms with Gasteiger partial charge in [-0.1, -0.05) is 30.9 Å². The Morgan fingerprint density at radius 1 is 1.25 bits per heavy atom. The van der Waals surface area contributed by atoms with Gasteiger partial charge in [-0.25, -0.2) is 0 Å². The van der Waals surface area contributed by atoms with Crippen molar-refractivity contribution >= 4 is 12.0 Å². The molecule has 2 aromatic rings. The summed E-state index contributed by atoms with van der Waals surface area (Å²) < 4.78 is 5.20. The van der Waals surface area contributed by atoms with Gasteiger partial charge in [0, 0.05) is 18.7 Å². The van der Waals surface area contributed by atoms with Gasteiger partial charge in [0.05, 0.1) is 7.11 Å². The van der Waals surface area contributed by atoms with Crippen molar-refractivity contribution in [2.75, 3.05) is 7.11 Å². The lowest BCUT2D eigenvalue weighted by Gasteiger charge is -2.16. The van der Waals surface area contributed by atoms with Crippen molar-refractivity contribution in [3.05, 3.63) is 70.8 Å². The van der Waals surface area contributed by atoms with E-state index in [2.05, 4.69) is 12.6 Å². The van der Waals surface area contributed by atoms with E-state index in [9.17, 15) is 4.79 Å². The Morgan fingerprint density at radius 3 is 2.62 bits per heavy atom. The van der Waals surface area contributed by atoms with Crippen LogP contribution in [0.1, 0.15) is 51.4 Å². The van der Waals surface area contributed by atoms with Gasteiger partial charge in [-0.3, -0.25) is 4.79 Å². The molecule has 0 spiro atoms. The average Bonchev–Trinajstić information content (AvgIpc) is 3.41. The standard InChI is InChI=1S/C21H21NO2/c1-3-14-10-18(16-6-7-16)20-13-22(21(23)19(20)11-14)12-15-4-8-17(24-2)9-5-15/h3-5,8-11,16H,1,6-7,12-13H2,2H3. The molecule has 0 atom stereocenters. The zero-order valence-corrected chi connectivity index (χ0v) is 13.9. The van der Waals surface area contributed by atoms with Crippen LogP contribution in [-0.2, 0) is 13.1 Å². The summed E-state index contributed by atoms with van der Waals surface area (Å²) in [4.78, 5) is 14.8. The molecule has 1 fully saturated rings. The Labute approximate surface area is 142 Å². The number of rotatable bonds is 5. The fourth-order valence-corrected chi connectivity index (χ4v) is 3.47. The molecular formula is C21H21NO2. The molecule has 0 saturated heterocycles. The molecule has 0 aromatic heterocycles. The molecule has 2 aromatic carbocycles. The topological polar surface area (TPSA) is 29.5 Å². The van der Waals surface area contributed by atoms with Crippen molar-refractivity contribution in [2.24, 2.45) is 0 Å². The second-order valence-electron chi connectivity index (χ2n) is 6.62. The Balaban J connectivity index is 1.62. The molecular weight excluding hydrogens is 298 g/mol. The lowest BCUT2D eigenvalue weighted by Crippen LogP contribution is -2.23. The van der Waals surface area contributed by atoms with Gasteiger partial charge >= 0.3 is 0 Å². The molecule has 1 aliphatic heterocycles. The second kappa shape index (κ2) is 5.82. The predicted molar refractivity (Wildman–Crippen MR) is 95.1 cm³/mol. The van der Waals surface area contributed by atoms with Crippen LogP contribution < -0.4 is 4.74 Å². The van der Waals surface area contributed by atoms with Gasteiger partial charge in [0.25, 0.3) is 5.91 Å². The fourth-order valence-electron chi connectivity index (χ4n) is 3.47. The molecule has 1 amide bonds. The van der Waals surface area contributed by atoms with E-state index in [1.54, 1.807) is 7.11 Å². The van der Waals surface area contributed by atoms with Crippen LogP contribution >= 0.6 is 0 Å². The number of benzene rings is 2. The van der Waals surface area contributed by atoms with Gasteiger partial charge in [-0.2, -0.15) is 0 Å². The molecule has 0 N–H and O–H groups in total. The number of hydrogen-bond donors (Lipinski definition) is 0. The minimum atomic E-state index is 0.131. The highest BCUT2D eigenvalue weighted by Crippen LogP contribution is 2.45. The van der Waals surface area contributed by atoms with Gasteiger partial charge in [0.15, 0.2) is 0 Å². The first-order chi connectivity index (χ1) is 11.7. The highest BCUT2D eigenvalue weighted by atomic mass is 16.5. The maximum Gasteiger partial charge on any atom is 0.254 e. The van der Waals surface area contributed by atoms with E-state index in [0.29, 0.717) is 19.0 Å². The molecule has 2 aliphatic rings. The molecule has 0 radical (unpaired) electrons. The zero-order chi connectivity index (χ0) is 16.7. The van der Waals surface area contributed by atoms with Crippen molar-refractivity contribution < 1.29 is 9.53 Å². The third-order valence-electron chi connectivity index (χ3n) is 4.96. The van der Waals surface area contributed by atoms with Crippen LogP contribution in [-0.4, -0.2) is 17.9 Å². The normalized spacial score (nSPS) is 16.2. The van der Waals surface area contributed by atoms with E-state index in [-0.39, 0.29) is 5.91 Å². The first-order valence-electron chi connectivity index (χ1n) is 8.41. The van der Waals surface area contributed by atoms with E-state index in [0.717, 1.165) is 22.4 Å². The largest absolute Gasteiger partial charge is 0.497 e. The highest BCUT2D eigenvalue weighted by molar-refractivity contribution is 5.99. The molecule has 122 valence electrons. The quantitative estimate of drug-likeness (QED) is 0.819. The van der Waals surface area contributed by atoms with Gasteiger partial charge in [-0.05, 0) is 59.2 Å². The van der Waals surface area contributed by atoms with Gasteiger partial charge < -0.3 is 9.64 Å². The fraction of sp³-hybridized carbons (Fsp3) is 0.286. The molecule has 1 aliphatic carbocycles. The minimum Gasteiger partial charge on any atom is -0.497 e. The third kappa shape index (κ3) is 2.60. The average molecular weight is 319 g/mol. The molecule has 24 heavy (non-hydrogen) atoms. The summed E-state index contributed by atoms with van der Waals surface area (Å²) in [7, 11) is 1.66. The minimum absolute atomic E-state index is 0.131. The second-order valence-corrected chi connectivity index (χ2v) is 6.62. The number of methoxy groups -OCH3 is 1. The van der Waals surface area contributed by atoms with Crippen molar-refractivity contribution in [1.29, 1.82) is 0 Å². The summed E-state index contributed by atoms with van der Waals surface area (Å²) in [5.41, 5.74) is 5.61. The number of carbonyl (C=O) groups is 1. The molecule has 4 rings (SSSR count). The third-order valence-corrected chi connectivity index (χ3v) is 4.96. The maximum absolute atomic E-state index is 12.9. The van der Waals surface area contributed by atoms with Gasteiger partial charge in [0.1, 0.15) is 5.75 Å². The van der Waals surface area contributed by atoms with Gasteiger partial charge in [-0.15, -0.1) is 0 Å². The number of hydrogen-bond acceptors (Lipinski definition) is 2. The van der Waals surface area contributed by atoms with E-state index < -0.39 is 0 Å². The van der Waals surface area contributed by atoms with Crippen LogP contribution in [0.3, 0.4) is 0 Å². The Kier molecular flexibility index (Phi) is 3.64. The number of fused-ring (bicyclic) bond motifs is 1. The Hall–Kier alpha value is -2.55.